The van der Waals surface area contributed by atoms with Gasteiger partial charge < -0.3 is 10.1 Å². The first kappa shape index (κ1) is 18.9. The number of anilines is 1. The number of aryl methyl sites for hydroxylation is 1. The van der Waals surface area contributed by atoms with Gasteiger partial charge in [0, 0.05) is 21.8 Å². The van der Waals surface area contributed by atoms with Gasteiger partial charge in [-0.05, 0) is 37.6 Å². The third kappa shape index (κ3) is 3.75. The maximum Gasteiger partial charge on any atom is 0.238 e. The minimum Gasteiger partial charge on any atom is -0.489 e. The zero-order chi connectivity index (χ0) is 19.7. The summed E-state index contributed by atoms with van der Waals surface area (Å²) in [5.74, 6) is 1.36. The maximum absolute atomic E-state index is 12.2. The Bertz CT molecular complexity index is 1000. The quantitative estimate of drug-likeness (QED) is 0.623. The number of aromatic nitrogens is 2. The molecule has 0 fully saturated rings. The van der Waals surface area contributed by atoms with Gasteiger partial charge in [0.05, 0.1) is 10.5 Å². The van der Waals surface area contributed by atoms with E-state index in [4.69, 9.17) is 16.3 Å². The van der Waals surface area contributed by atoms with Gasteiger partial charge in [-0.2, -0.15) is 5.10 Å². The molecule has 2 N–H and O–H groups in total. The number of hydrogen-bond acceptors (Lipinski definition) is 4. The summed E-state index contributed by atoms with van der Waals surface area (Å²) in [7, 11) is 0. The second-order valence-electron chi connectivity index (χ2n) is 6.71. The molecule has 0 radical (unpaired) electrons. The van der Waals surface area contributed by atoms with Crippen molar-refractivity contribution in [1.82, 2.24) is 10.2 Å². The summed E-state index contributed by atoms with van der Waals surface area (Å²) in [6.07, 6.45) is 0. The predicted molar refractivity (Wildman–Crippen MR) is 113 cm³/mol. The lowest BCUT2D eigenvalue weighted by Crippen LogP contribution is -2.21. The van der Waals surface area contributed by atoms with Crippen LogP contribution in [0.2, 0.25) is 5.02 Å². The Kier molecular flexibility index (Phi) is 5.33. The van der Waals surface area contributed by atoms with Crippen molar-refractivity contribution in [2.24, 2.45) is 0 Å². The highest BCUT2D eigenvalue weighted by molar-refractivity contribution is 8.01. The van der Waals surface area contributed by atoms with Gasteiger partial charge in [-0.1, -0.05) is 41.9 Å². The molecule has 144 valence electrons. The largest absolute Gasteiger partial charge is 0.489 e. The summed E-state index contributed by atoms with van der Waals surface area (Å²) in [5.41, 5.74) is 4.03. The average molecular weight is 414 g/mol. The number of hydrogen-bond donors (Lipinski definition) is 2. The van der Waals surface area contributed by atoms with E-state index in [-0.39, 0.29) is 16.4 Å². The van der Waals surface area contributed by atoms with Gasteiger partial charge in [-0.3, -0.25) is 9.89 Å². The smallest absolute Gasteiger partial charge is 0.238 e. The summed E-state index contributed by atoms with van der Waals surface area (Å²) in [6.45, 7) is 4.30. The number of fused-ring (bicyclic) bond motifs is 1. The molecule has 4 rings (SSSR count). The lowest BCUT2D eigenvalue weighted by atomic mass is 10.0. The van der Waals surface area contributed by atoms with E-state index in [0.29, 0.717) is 17.4 Å². The highest BCUT2D eigenvalue weighted by Crippen LogP contribution is 2.44. The Morgan fingerprint density at radius 1 is 1.18 bits per heavy atom. The molecule has 3 aromatic rings. The Labute approximate surface area is 172 Å². The fourth-order valence-corrected chi connectivity index (χ4v) is 4.69. The number of rotatable bonds is 4. The molecular formula is C21H20ClN3O2S. The Morgan fingerprint density at radius 2 is 1.93 bits per heavy atom. The molecule has 0 saturated heterocycles. The molecule has 7 heteroatoms. The van der Waals surface area contributed by atoms with Crippen LogP contribution in [0.15, 0.2) is 48.5 Å². The third-order valence-corrected chi connectivity index (χ3v) is 6.51. The van der Waals surface area contributed by atoms with Crippen molar-refractivity contribution >= 4 is 35.1 Å². The van der Waals surface area contributed by atoms with Crippen LogP contribution in [-0.4, -0.2) is 21.4 Å². The number of nitrogens with zero attached hydrogens (tertiary/aromatic N) is 1. The molecular weight excluding hydrogens is 394 g/mol. The molecule has 1 aliphatic heterocycles. The number of halogens is 1. The summed E-state index contributed by atoms with van der Waals surface area (Å²) < 4.78 is 5.88. The zero-order valence-corrected chi connectivity index (χ0v) is 17.1. The van der Waals surface area contributed by atoms with Crippen LogP contribution >= 0.6 is 23.4 Å². The summed E-state index contributed by atoms with van der Waals surface area (Å²) in [5, 5.41) is 10.7. The topological polar surface area (TPSA) is 67.0 Å². The molecule has 0 saturated carbocycles. The van der Waals surface area contributed by atoms with E-state index in [1.807, 2.05) is 62.4 Å². The molecule has 2 unspecified atom stereocenters. The van der Waals surface area contributed by atoms with Crippen LogP contribution in [-0.2, 0) is 11.4 Å². The second kappa shape index (κ2) is 7.89. The molecule has 0 bridgehead atoms. The van der Waals surface area contributed by atoms with Crippen LogP contribution in [0.1, 0.15) is 34.6 Å². The molecule has 1 amide bonds. The maximum atomic E-state index is 12.2. The molecule has 0 aliphatic carbocycles. The number of H-pyrrole nitrogens is 1. The van der Waals surface area contributed by atoms with Crippen LogP contribution in [0.3, 0.4) is 0 Å². The molecule has 2 aromatic carbocycles. The van der Waals surface area contributed by atoms with Crippen LogP contribution < -0.4 is 10.1 Å². The van der Waals surface area contributed by atoms with Crippen molar-refractivity contribution in [3.63, 3.8) is 0 Å². The molecule has 28 heavy (non-hydrogen) atoms. The zero-order valence-electron chi connectivity index (χ0n) is 15.5. The molecule has 5 nitrogen and oxygen atoms in total. The molecule has 2 heterocycles. The number of amides is 1. The van der Waals surface area contributed by atoms with Crippen LogP contribution in [0.5, 0.6) is 5.75 Å². The van der Waals surface area contributed by atoms with Gasteiger partial charge in [-0.15, -0.1) is 11.8 Å². The first-order valence-electron chi connectivity index (χ1n) is 9.00. The van der Waals surface area contributed by atoms with Crippen molar-refractivity contribution in [3.05, 3.63) is 75.9 Å². The first-order valence-corrected chi connectivity index (χ1v) is 10.3. The van der Waals surface area contributed by atoms with E-state index in [1.165, 1.54) is 0 Å². The van der Waals surface area contributed by atoms with Crippen molar-refractivity contribution in [1.29, 1.82) is 0 Å². The second-order valence-corrected chi connectivity index (χ2v) is 8.57. The van der Waals surface area contributed by atoms with Gasteiger partial charge in [0.25, 0.3) is 0 Å². The van der Waals surface area contributed by atoms with Crippen LogP contribution in [0.25, 0.3) is 0 Å². The Hall–Kier alpha value is -2.44. The summed E-state index contributed by atoms with van der Waals surface area (Å²) in [4.78, 5) is 12.2. The van der Waals surface area contributed by atoms with Crippen LogP contribution in [0, 0.1) is 6.92 Å². The number of benzene rings is 2. The highest BCUT2D eigenvalue weighted by atomic mass is 35.5. The van der Waals surface area contributed by atoms with Gasteiger partial charge in [-0.25, -0.2) is 0 Å². The fourth-order valence-electron chi connectivity index (χ4n) is 3.17. The average Bonchev–Trinajstić information content (AvgIpc) is 2.99. The van der Waals surface area contributed by atoms with E-state index >= 15 is 0 Å². The van der Waals surface area contributed by atoms with E-state index in [0.717, 1.165) is 28.1 Å². The summed E-state index contributed by atoms with van der Waals surface area (Å²) in [6, 6.07) is 15.6. The number of carbonyl (C=O) groups is 1. The molecule has 2 atom stereocenters. The standard InChI is InChI=1S/C21H20ClN3O2S/c1-12-18-19(28-13(2)21(26)23-20(18)25-24-12)14-7-9-16(10-8-14)27-11-15-5-3-4-6-17(15)22/h3-10,13,19H,11H2,1-2H3,(H2,23,24,25,26). The van der Waals surface area contributed by atoms with Crippen molar-refractivity contribution in [2.45, 2.75) is 31.0 Å². The lowest BCUT2D eigenvalue weighted by molar-refractivity contribution is -0.115. The molecule has 1 aliphatic rings. The van der Waals surface area contributed by atoms with Gasteiger partial charge in [0.1, 0.15) is 12.4 Å². The lowest BCUT2D eigenvalue weighted by Gasteiger charge is -2.18. The monoisotopic (exact) mass is 413 g/mol. The number of nitrogens with one attached hydrogen (secondary N) is 2. The number of aromatic amines is 1. The minimum atomic E-state index is -0.172. The first-order chi connectivity index (χ1) is 13.5. The number of ether oxygens (including phenoxy) is 1. The Balaban J connectivity index is 1.55. The van der Waals surface area contributed by atoms with E-state index in [2.05, 4.69) is 15.5 Å². The van der Waals surface area contributed by atoms with Crippen molar-refractivity contribution < 1.29 is 9.53 Å². The van der Waals surface area contributed by atoms with E-state index in [1.54, 1.807) is 11.8 Å². The van der Waals surface area contributed by atoms with E-state index in [9.17, 15) is 4.79 Å². The number of thioether (sulfide) groups is 1. The molecule has 1 aromatic heterocycles. The SMILES string of the molecule is Cc1[nH]nc2c1C(c1ccc(OCc3ccccc3Cl)cc1)SC(C)C(=O)N2. The van der Waals surface area contributed by atoms with Gasteiger partial charge in [0.2, 0.25) is 5.91 Å². The van der Waals surface area contributed by atoms with Gasteiger partial charge >= 0.3 is 0 Å². The predicted octanol–water partition coefficient (Wildman–Crippen LogP) is 5.11. The van der Waals surface area contributed by atoms with Crippen molar-refractivity contribution in [3.8, 4) is 5.75 Å². The minimum absolute atomic E-state index is 0.0142. The summed E-state index contributed by atoms with van der Waals surface area (Å²) >= 11 is 7.80. The normalized spacial score (nSPS) is 18.9. The third-order valence-electron chi connectivity index (χ3n) is 4.74. The fraction of sp³-hybridized carbons (Fsp3) is 0.238. The van der Waals surface area contributed by atoms with E-state index < -0.39 is 0 Å². The Morgan fingerprint density at radius 3 is 2.68 bits per heavy atom. The van der Waals surface area contributed by atoms with Gasteiger partial charge in [0.15, 0.2) is 5.82 Å². The van der Waals surface area contributed by atoms with Crippen LogP contribution in [0.4, 0.5) is 5.82 Å². The highest BCUT2D eigenvalue weighted by Gasteiger charge is 2.32. The number of carbonyl (C=O) groups excluding carboxylic acids is 1. The van der Waals surface area contributed by atoms with Crippen molar-refractivity contribution in [2.75, 3.05) is 5.32 Å². The molecule has 0 spiro atoms.